The molecule has 31 heavy (non-hydrogen) atoms. The number of carbonyl (C=O) groups excluding carboxylic acids is 1. The van der Waals surface area contributed by atoms with E-state index in [9.17, 15) is 18.0 Å². The van der Waals surface area contributed by atoms with Crippen LogP contribution in [0, 0.1) is 0 Å². The Morgan fingerprint density at radius 1 is 1.32 bits per heavy atom. The molecule has 1 aliphatic heterocycles. The Labute approximate surface area is 184 Å². The summed E-state index contributed by atoms with van der Waals surface area (Å²) in [7, 11) is 1.73. The normalized spacial score (nSPS) is 19.4. The first kappa shape index (κ1) is 21.6. The van der Waals surface area contributed by atoms with Gasteiger partial charge in [-0.15, -0.1) is 0 Å². The summed E-state index contributed by atoms with van der Waals surface area (Å²) in [5.41, 5.74) is 0.647. The monoisotopic (exact) mass is 497 g/mol. The highest BCUT2D eigenvalue weighted by molar-refractivity contribution is 9.10. The Morgan fingerprint density at radius 2 is 2.06 bits per heavy atom. The van der Waals surface area contributed by atoms with Gasteiger partial charge in [0.25, 0.3) is 5.91 Å². The number of alkyl halides is 3. The fourth-order valence-corrected chi connectivity index (χ4v) is 4.21. The van der Waals surface area contributed by atoms with Crippen molar-refractivity contribution in [2.24, 2.45) is 7.05 Å². The van der Waals surface area contributed by atoms with Crippen LogP contribution < -0.4 is 10.6 Å². The molecule has 1 fully saturated rings. The number of hydrogen-bond acceptors (Lipinski definition) is 5. The van der Waals surface area contributed by atoms with Gasteiger partial charge in [-0.1, -0.05) is 12.1 Å². The molecule has 0 aliphatic carbocycles. The summed E-state index contributed by atoms with van der Waals surface area (Å²) in [5, 5.41) is 10.2. The van der Waals surface area contributed by atoms with Crippen molar-refractivity contribution in [2.45, 2.75) is 24.6 Å². The summed E-state index contributed by atoms with van der Waals surface area (Å²) in [4.78, 5) is 17.0. The lowest BCUT2D eigenvalue weighted by Gasteiger charge is -2.33. The first-order chi connectivity index (χ1) is 14.7. The van der Waals surface area contributed by atoms with Gasteiger partial charge in [-0.25, -0.2) is 9.67 Å². The fraction of sp³-hybridized carbons (Fsp3) is 0.350. The third-order valence-corrected chi connectivity index (χ3v) is 5.92. The summed E-state index contributed by atoms with van der Waals surface area (Å²) < 4.78 is 46.1. The van der Waals surface area contributed by atoms with Crippen LogP contribution in [-0.2, 0) is 13.2 Å². The van der Waals surface area contributed by atoms with Crippen molar-refractivity contribution in [3.63, 3.8) is 0 Å². The molecule has 1 saturated heterocycles. The molecule has 0 bridgehead atoms. The van der Waals surface area contributed by atoms with Crippen molar-refractivity contribution in [1.29, 1.82) is 0 Å². The van der Waals surface area contributed by atoms with E-state index in [0.717, 1.165) is 17.7 Å². The van der Waals surface area contributed by atoms with Gasteiger partial charge in [0.1, 0.15) is 6.33 Å². The number of furan rings is 1. The smallest absolute Gasteiger partial charge is 0.416 e. The van der Waals surface area contributed by atoms with Crippen molar-refractivity contribution in [1.82, 2.24) is 25.4 Å². The third kappa shape index (κ3) is 4.52. The SMILES string of the molecule is Cn1ncnc1-c1cc(C(=O)N[C@H]2CNCC[C@@H]2c2ccc(C(F)(F)F)cc2)oc1Br. The van der Waals surface area contributed by atoms with Crippen LogP contribution in [0.15, 0.2) is 45.7 Å². The number of aryl methyl sites for hydroxylation is 1. The van der Waals surface area contributed by atoms with Crippen LogP contribution in [-0.4, -0.2) is 39.8 Å². The second kappa shape index (κ2) is 8.46. The molecule has 1 aliphatic rings. The zero-order valence-electron chi connectivity index (χ0n) is 16.4. The van der Waals surface area contributed by atoms with E-state index in [2.05, 4.69) is 36.6 Å². The molecule has 0 spiro atoms. The molecule has 11 heteroatoms. The van der Waals surface area contributed by atoms with Crippen LogP contribution in [0.4, 0.5) is 13.2 Å². The standard InChI is InChI=1S/C20H19BrF3N5O2/c1-29-18(26-10-27-29)14-8-16(31-17(14)21)19(30)28-15-9-25-7-6-13(15)11-2-4-12(5-3-11)20(22,23)24/h2-5,8,10,13,15,25H,6-7,9H2,1H3,(H,28,30)/t13-,15+/m1/s1. The predicted octanol–water partition coefficient (Wildman–Crippen LogP) is 3.73. The number of hydrogen-bond donors (Lipinski definition) is 2. The summed E-state index contributed by atoms with van der Waals surface area (Å²) in [5.74, 6) is 0.0992. The van der Waals surface area contributed by atoms with Gasteiger partial charge in [-0.05, 0) is 46.6 Å². The quantitative estimate of drug-likeness (QED) is 0.573. The van der Waals surface area contributed by atoms with Gasteiger partial charge in [0.2, 0.25) is 0 Å². The minimum absolute atomic E-state index is 0.0987. The summed E-state index contributed by atoms with van der Waals surface area (Å²) in [6.45, 7) is 1.20. The minimum atomic E-state index is -4.38. The Kier molecular flexibility index (Phi) is 5.89. The average molecular weight is 498 g/mol. The minimum Gasteiger partial charge on any atom is -0.443 e. The Bertz CT molecular complexity index is 1080. The third-order valence-electron chi connectivity index (χ3n) is 5.33. The molecule has 3 heterocycles. The number of rotatable bonds is 4. The van der Waals surface area contributed by atoms with E-state index in [0.29, 0.717) is 35.6 Å². The molecule has 2 N–H and O–H groups in total. The molecule has 164 valence electrons. The maximum atomic E-state index is 12.9. The molecule has 2 aromatic heterocycles. The molecule has 4 rings (SSSR count). The number of nitrogens with one attached hydrogen (secondary N) is 2. The Balaban J connectivity index is 1.52. The molecular formula is C20H19BrF3N5O2. The van der Waals surface area contributed by atoms with Crippen molar-refractivity contribution in [2.75, 3.05) is 13.1 Å². The van der Waals surface area contributed by atoms with Gasteiger partial charge in [0.15, 0.2) is 16.3 Å². The summed E-state index contributed by atoms with van der Waals surface area (Å²) in [6, 6.07) is 6.38. The van der Waals surface area contributed by atoms with Crippen LogP contribution in [0.3, 0.4) is 0 Å². The lowest BCUT2D eigenvalue weighted by atomic mass is 9.85. The van der Waals surface area contributed by atoms with Crippen molar-refractivity contribution < 1.29 is 22.4 Å². The maximum Gasteiger partial charge on any atom is 0.416 e. The highest BCUT2D eigenvalue weighted by Gasteiger charge is 2.32. The van der Waals surface area contributed by atoms with Crippen LogP contribution >= 0.6 is 15.9 Å². The van der Waals surface area contributed by atoms with Crippen LogP contribution in [0.25, 0.3) is 11.4 Å². The fourth-order valence-electron chi connectivity index (χ4n) is 3.74. The highest BCUT2D eigenvalue weighted by atomic mass is 79.9. The molecule has 0 radical (unpaired) electrons. The number of piperidine rings is 1. The lowest BCUT2D eigenvalue weighted by molar-refractivity contribution is -0.137. The number of amides is 1. The second-order valence-electron chi connectivity index (χ2n) is 7.30. The van der Waals surface area contributed by atoms with Crippen LogP contribution in [0.2, 0.25) is 0 Å². The van der Waals surface area contributed by atoms with Gasteiger partial charge in [-0.2, -0.15) is 18.3 Å². The molecular weight excluding hydrogens is 479 g/mol. The van der Waals surface area contributed by atoms with Gasteiger partial charge < -0.3 is 15.1 Å². The largest absolute Gasteiger partial charge is 0.443 e. The van der Waals surface area contributed by atoms with E-state index in [4.69, 9.17) is 4.42 Å². The zero-order chi connectivity index (χ0) is 22.2. The van der Waals surface area contributed by atoms with Gasteiger partial charge in [-0.3, -0.25) is 4.79 Å². The van der Waals surface area contributed by atoms with E-state index in [1.807, 2.05) is 0 Å². The molecule has 0 unspecified atom stereocenters. The first-order valence-corrected chi connectivity index (χ1v) is 10.4. The van der Waals surface area contributed by atoms with E-state index in [1.54, 1.807) is 17.8 Å². The number of aromatic nitrogens is 3. The average Bonchev–Trinajstić information content (AvgIpc) is 3.33. The molecule has 2 atom stereocenters. The molecule has 1 amide bonds. The lowest BCUT2D eigenvalue weighted by Crippen LogP contribution is -2.50. The Hall–Kier alpha value is -2.66. The second-order valence-corrected chi connectivity index (χ2v) is 8.02. The van der Waals surface area contributed by atoms with Gasteiger partial charge in [0.05, 0.1) is 11.1 Å². The Morgan fingerprint density at radius 3 is 2.71 bits per heavy atom. The number of halogens is 4. The number of nitrogens with zero attached hydrogens (tertiary/aromatic N) is 3. The zero-order valence-corrected chi connectivity index (χ0v) is 18.0. The van der Waals surface area contributed by atoms with E-state index in [-0.39, 0.29) is 17.7 Å². The van der Waals surface area contributed by atoms with E-state index in [1.165, 1.54) is 18.5 Å². The van der Waals surface area contributed by atoms with Crippen molar-refractivity contribution in [3.05, 3.63) is 58.2 Å². The number of benzene rings is 1. The maximum absolute atomic E-state index is 12.9. The summed E-state index contributed by atoms with van der Waals surface area (Å²) >= 11 is 3.31. The molecule has 1 aromatic carbocycles. The van der Waals surface area contributed by atoms with Crippen LogP contribution in [0.5, 0.6) is 0 Å². The van der Waals surface area contributed by atoms with Crippen molar-refractivity contribution >= 4 is 21.8 Å². The van der Waals surface area contributed by atoms with E-state index >= 15 is 0 Å². The topological polar surface area (TPSA) is 85.0 Å². The molecule has 7 nitrogen and oxygen atoms in total. The van der Waals surface area contributed by atoms with Gasteiger partial charge in [0, 0.05) is 31.6 Å². The first-order valence-electron chi connectivity index (χ1n) is 9.56. The van der Waals surface area contributed by atoms with Crippen molar-refractivity contribution in [3.8, 4) is 11.4 Å². The number of carbonyl (C=O) groups is 1. The van der Waals surface area contributed by atoms with E-state index < -0.39 is 17.6 Å². The van der Waals surface area contributed by atoms with Crippen LogP contribution in [0.1, 0.15) is 34.0 Å². The molecule has 3 aromatic rings. The highest BCUT2D eigenvalue weighted by Crippen LogP contribution is 2.33. The van der Waals surface area contributed by atoms with Gasteiger partial charge >= 0.3 is 6.18 Å². The molecule has 0 saturated carbocycles. The predicted molar refractivity (Wildman–Crippen MR) is 109 cm³/mol. The summed E-state index contributed by atoms with van der Waals surface area (Å²) in [6.07, 6.45) is -2.30.